The average Bonchev–Trinajstić information content (AvgIpc) is 2.96. The zero-order valence-electron chi connectivity index (χ0n) is 11.0. The molecule has 1 heterocycles. The molecule has 6 nitrogen and oxygen atoms in total. The normalized spacial score (nSPS) is 12.2. The molecule has 106 valence electrons. The van der Waals surface area contributed by atoms with E-state index in [9.17, 15) is 4.79 Å². The minimum atomic E-state index is -0.920. The molecule has 0 aliphatic rings. The van der Waals surface area contributed by atoms with Crippen molar-refractivity contribution in [1.82, 2.24) is 15.3 Å². The van der Waals surface area contributed by atoms with Gasteiger partial charge in [-0.3, -0.25) is 10.1 Å². The quantitative estimate of drug-likeness (QED) is 0.497. The summed E-state index contributed by atoms with van der Waals surface area (Å²) in [5.41, 5.74) is 1.75. The summed E-state index contributed by atoms with van der Waals surface area (Å²) in [6, 6.07) is 9.00. The highest BCUT2D eigenvalue weighted by Gasteiger charge is 2.17. The summed E-state index contributed by atoms with van der Waals surface area (Å²) in [6.07, 6.45) is 3.52. The van der Waals surface area contributed by atoms with Gasteiger partial charge in [0.15, 0.2) is 0 Å². The Morgan fingerprint density at radius 1 is 1.40 bits per heavy atom. The Morgan fingerprint density at radius 3 is 2.85 bits per heavy atom. The number of hydrogen-bond acceptors (Lipinski definition) is 4. The molecule has 6 heteroatoms. The molecule has 0 saturated heterocycles. The first-order chi connectivity index (χ1) is 9.75. The van der Waals surface area contributed by atoms with Gasteiger partial charge < -0.3 is 14.8 Å². The van der Waals surface area contributed by atoms with E-state index in [1.807, 2.05) is 30.3 Å². The third-order valence-electron chi connectivity index (χ3n) is 2.81. The van der Waals surface area contributed by atoms with Gasteiger partial charge in [-0.2, -0.15) is 0 Å². The number of nitrogens with one attached hydrogen (secondary N) is 2. The third kappa shape index (κ3) is 4.49. The fourth-order valence-electron chi connectivity index (χ4n) is 1.76. The number of ether oxygens (including phenoxy) is 1. The molecule has 0 spiro atoms. The number of aliphatic carboxylic acids is 1. The van der Waals surface area contributed by atoms with Crippen LogP contribution in [0.1, 0.15) is 11.3 Å². The van der Waals surface area contributed by atoms with Gasteiger partial charge in [-0.25, -0.2) is 4.98 Å². The van der Waals surface area contributed by atoms with Crippen LogP contribution < -0.4 is 5.32 Å². The Bertz CT molecular complexity index is 514. The molecule has 0 unspecified atom stereocenters. The van der Waals surface area contributed by atoms with Gasteiger partial charge in [0.05, 0.1) is 25.4 Å². The van der Waals surface area contributed by atoms with E-state index in [4.69, 9.17) is 9.84 Å². The molecule has 0 radical (unpaired) electrons. The van der Waals surface area contributed by atoms with Crippen LogP contribution in [0.25, 0.3) is 0 Å². The lowest BCUT2D eigenvalue weighted by atomic mass is 10.2. The summed E-state index contributed by atoms with van der Waals surface area (Å²) in [4.78, 5) is 17.9. The molecule has 20 heavy (non-hydrogen) atoms. The minimum absolute atomic E-state index is 0.177. The molecule has 1 atom stereocenters. The van der Waals surface area contributed by atoms with Crippen LogP contribution >= 0.6 is 0 Å². The van der Waals surface area contributed by atoms with Crippen LogP contribution in [0.15, 0.2) is 42.9 Å². The van der Waals surface area contributed by atoms with Crippen LogP contribution in [0.2, 0.25) is 0 Å². The SMILES string of the molecule is O=C(O)[C@H](Cc1c[nH]cn1)NCOCc1ccccc1. The Morgan fingerprint density at radius 2 is 2.20 bits per heavy atom. The van der Waals surface area contributed by atoms with Crippen molar-refractivity contribution in [2.45, 2.75) is 19.1 Å². The number of carboxylic acids is 1. The molecule has 0 aliphatic carbocycles. The van der Waals surface area contributed by atoms with Crippen LogP contribution in [-0.2, 0) is 22.6 Å². The molecule has 1 aromatic heterocycles. The molecule has 0 fully saturated rings. The third-order valence-corrected chi connectivity index (χ3v) is 2.81. The van der Waals surface area contributed by atoms with Gasteiger partial charge in [0.2, 0.25) is 0 Å². The van der Waals surface area contributed by atoms with Crippen molar-refractivity contribution in [3.63, 3.8) is 0 Å². The topological polar surface area (TPSA) is 87.2 Å². The highest BCUT2D eigenvalue weighted by molar-refractivity contribution is 5.73. The first-order valence-electron chi connectivity index (χ1n) is 6.31. The highest BCUT2D eigenvalue weighted by Crippen LogP contribution is 2.01. The van der Waals surface area contributed by atoms with Crippen molar-refractivity contribution in [3.05, 3.63) is 54.1 Å². The Hall–Kier alpha value is -2.18. The van der Waals surface area contributed by atoms with Gasteiger partial charge in [0.25, 0.3) is 0 Å². The number of carboxylic acid groups (broad SMARTS) is 1. The van der Waals surface area contributed by atoms with Gasteiger partial charge >= 0.3 is 5.97 Å². The summed E-state index contributed by atoms with van der Waals surface area (Å²) in [6.45, 7) is 0.624. The predicted octanol–water partition coefficient (Wildman–Crippen LogP) is 1.17. The molecular weight excluding hydrogens is 258 g/mol. The summed E-state index contributed by atoms with van der Waals surface area (Å²) in [7, 11) is 0. The van der Waals surface area contributed by atoms with E-state index < -0.39 is 12.0 Å². The maximum atomic E-state index is 11.1. The smallest absolute Gasteiger partial charge is 0.321 e. The Labute approximate surface area is 116 Å². The van der Waals surface area contributed by atoms with E-state index >= 15 is 0 Å². The largest absolute Gasteiger partial charge is 0.480 e. The standard InChI is InChI=1S/C14H17N3O3/c18-14(19)13(6-12-7-15-9-16-12)17-10-20-8-11-4-2-1-3-5-11/h1-5,7,9,13,17H,6,8,10H2,(H,15,16)(H,18,19)/t13-/m0/s1. The van der Waals surface area contributed by atoms with Crippen LogP contribution in [0.5, 0.6) is 0 Å². The van der Waals surface area contributed by atoms with Crippen molar-refractivity contribution in [2.75, 3.05) is 6.73 Å². The van der Waals surface area contributed by atoms with Crippen molar-refractivity contribution in [2.24, 2.45) is 0 Å². The van der Waals surface area contributed by atoms with Gasteiger partial charge in [-0.15, -0.1) is 0 Å². The minimum Gasteiger partial charge on any atom is -0.480 e. The number of hydrogen-bond donors (Lipinski definition) is 3. The molecule has 2 aromatic rings. The second kappa shape index (κ2) is 7.42. The van der Waals surface area contributed by atoms with Crippen molar-refractivity contribution in [1.29, 1.82) is 0 Å². The number of rotatable bonds is 8. The monoisotopic (exact) mass is 275 g/mol. The summed E-state index contributed by atoms with van der Waals surface area (Å²) >= 11 is 0. The molecule has 1 aromatic carbocycles. The molecule has 0 bridgehead atoms. The lowest BCUT2D eigenvalue weighted by Gasteiger charge is -2.13. The Kier molecular flexibility index (Phi) is 5.28. The van der Waals surface area contributed by atoms with Crippen molar-refractivity contribution in [3.8, 4) is 0 Å². The second-order valence-corrected chi connectivity index (χ2v) is 4.34. The predicted molar refractivity (Wildman–Crippen MR) is 72.9 cm³/mol. The molecule has 0 aliphatic heterocycles. The van der Waals surface area contributed by atoms with E-state index in [0.29, 0.717) is 18.7 Å². The van der Waals surface area contributed by atoms with E-state index in [2.05, 4.69) is 15.3 Å². The number of imidazole rings is 1. The van der Waals surface area contributed by atoms with Crippen LogP contribution in [0.3, 0.4) is 0 Å². The van der Waals surface area contributed by atoms with Gasteiger partial charge in [-0.05, 0) is 5.56 Å². The highest BCUT2D eigenvalue weighted by atomic mass is 16.5. The maximum Gasteiger partial charge on any atom is 0.321 e. The van der Waals surface area contributed by atoms with Crippen LogP contribution in [0.4, 0.5) is 0 Å². The number of benzene rings is 1. The van der Waals surface area contributed by atoms with Crippen LogP contribution in [-0.4, -0.2) is 33.8 Å². The van der Waals surface area contributed by atoms with Gasteiger partial charge in [0.1, 0.15) is 6.04 Å². The fourth-order valence-corrected chi connectivity index (χ4v) is 1.76. The first-order valence-corrected chi connectivity index (χ1v) is 6.31. The van der Waals surface area contributed by atoms with Crippen molar-refractivity contribution < 1.29 is 14.6 Å². The Balaban J connectivity index is 1.74. The second-order valence-electron chi connectivity index (χ2n) is 4.34. The number of nitrogens with zero attached hydrogens (tertiary/aromatic N) is 1. The summed E-state index contributed by atoms with van der Waals surface area (Å²) < 4.78 is 5.42. The molecule has 0 amide bonds. The lowest BCUT2D eigenvalue weighted by Crippen LogP contribution is -2.39. The van der Waals surface area contributed by atoms with E-state index in [1.54, 1.807) is 6.20 Å². The van der Waals surface area contributed by atoms with Crippen molar-refractivity contribution >= 4 is 5.97 Å². The number of H-pyrrole nitrogens is 1. The zero-order chi connectivity index (χ0) is 14.2. The first kappa shape index (κ1) is 14.2. The number of aromatic nitrogens is 2. The van der Waals surface area contributed by atoms with E-state index in [1.165, 1.54) is 6.33 Å². The fraction of sp³-hybridized carbons (Fsp3) is 0.286. The van der Waals surface area contributed by atoms with E-state index in [-0.39, 0.29) is 6.73 Å². The summed E-state index contributed by atoms with van der Waals surface area (Å²) in [5.74, 6) is -0.920. The average molecular weight is 275 g/mol. The number of carbonyl (C=O) groups is 1. The maximum absolute atomic E-state index is 11.1. The lowest BCUT2D eigenvalue weighted by molar-refractivity contribution is -0.140. The zero-order valence-corrected chi connectivity index (χ0v) is 11.0. The molecule has 2 rings (SSSR count). The molecule has 3 N–H and O–H groups in total. The summed E-state index contributed by atoms with van der Waals surface area (Å²) in [5, 5.41) is 12.0. The van der Waals surface area contributed by atoms with E-state index in [0.717, 1.165) is 5.56 Å². The molecule has 0 saturated carbocycles. The van der Waals surface area contributed by atoms with Gasteiger partial charge in [-0.1, -0.05) is 30.3 Å². The van der Waals surface area contributed by atoms with Crippen LogP contribution in [0, 0.1) is 0 Å². The van der Waals surface area contributed by atoms with Gasteiger partial charge in [0, 0.05) is 12.6 Å². The number of aromatic amines is 1. The molecular formula is C14H17N3O3.